The van der Waals surface area contributed by atoms with Gasteiger partial charge in [0, 0.05) is 43.7 Å². The Labute approximate surface area is 259 Å². The van der Waals surface area contributed by atoms with E-state index in [4.69, 9.17) is 0 Å². The number of likely N-dealkylation sites (tertiary alicyclic amines) is 1. The summed E-state index contributed by atoms with van der Waals surface area (Å²) in [5.74, 6) is -1.25. The van der Waals surface area contributed by atoms with E-state index in [2.05, 4.69) is 13.2 Å². The first-order chi connectivity index (χ1) is 21.0. The Balaban J connectivity index is 1.49. The first kappa shape index (κ1) is 31.1. The zero-order valence-electron chi connectivity index (χ0n) is 24.9. The van der Waals surface area contributed by atoms with E-state index in [0.717, 1.165) is 49.8 Å². The van der Waals surface area contributed by atoms with Crippen LogP contribution in [-0.4, -0.2) is 74.9 Å². The van der Waals surface area contributed by atoms with Gasteiger partial charge in [0.2, 0.25) is 17.7 Å². The summed E-state index contributed by atoms with van der Waals surface area (Å²) in [5, 5.41) is 9.21. The number of nitrogens with zero attached hydrogens (tertiary/aromatic N) is 3. The van der Waals surface area contributed by atoms with Gasteiger partial charge in [-0.3, -0.25) is 14.4 Å². The fraction of sp³-hybridized carbons (Fsp3) is 0.457. The fourth-order valence-electron chi connectivity index (χ4n) is 7.31. The number of benzene rings is 2. The lowest BCUT2D eigenvalue weighted by Crippen LogP contribution is -2.55. The zero-order chi connectivity index (χ0) is 30.4. The minimum Gasteiger partial charge on any atom is -0.396 e. The van der Waals surface area contributed by atoms with Crippen LogP contribution in [0.4, 0.5) is 5.69 Å². The van der Waals surface area contributed by atoms with Gasteiger partial charge in [-0.15, -0.1) is 24.9 Å². The van der Waals surface area contributed by atoms with Crippen molar-refractivity contribution in [1.29, 1.82) is 0 Å². The number of carbonyl (C=O) groups is 3. The van der Waals surface area contributed by atoms with E-state index in [1.165, 1.54) is 0 Å². The van der Waals surface area contributed by atoms with E-state index in [1.807, 2.05) is 70.5 Å². The molecule has 3 heterocycles. The zero-order valence-corrected chi connectivity index (χ0v) is 25.7. The van der Waals surface area contributed by atoms with Gasteiger partial charge >= 0.3 is 0 Å². The second-order valence-electron chi connectivity index (χ2n) is 11.8. The van der Waals surface area contributed by atoms with Crippen LogP contribution in [0.5, 0.6) is 0 Å². The second kappa shape index (κ2) is 14.0. The van der Waals surface area contributed by atoms with Crippen molar-refractivity contribution in [3.63, 3.8) is 0 Å². The summed E-state index contributed by atoms with van der Waals surface area (Å²) in [5.41, 5.74) is 1.80. The molecule has 0 aliphatic carbocycles. The lowest BCUT2D eigenvalue weighted by molar-refractivity contribution is -0.143. The predicted octanol–water partition coefficient (Wildman–Crippen LogP) is 5.06. The summed E-state index contributed by atoms with van der Waals surface area (Å²) < 4.78 is -0.642. The Kier molecular flexibility index (Phi) is 10.1. The molecule has 2 bridgehead atoms. The maximum atomic E-state index is 14.6. The van der Waals surface area contributed by atoms with Crippen LogP contribution in [0.1, 0.15) is 44.1 Å². The molecule has 5 rings (SSSR count). The molecular formula is C35H43N3O4S. The van der Waals surface area contributed by atoms with Gasteiger partial charge in [0.05, 0.1) is 16.6 Å². The molecule has 2 unspecified atom stereocenters. The Morgan fingerprint density at radius 1 is 0.953 bits per heavy atom. The first-order valence-corrected chi connectivity index (χ1v) is 16.3. The highest BCUT2D eigenvalue weighted by molar-refractivity contribution is 8.02. The molecule has 3 amide bonds. The molecule has 43 heavy (non-hydrogen) atoms. The molecule has 3 saturated heterocycles. The van der Waals surface area contributed by atoms with Crippen LogP contribution < -0.4 is 4.90 Å². The molecule has 1 spiro atoms. The monoisotopic (exact) mass is 601 g/mol. The van der Waals surface area contributed by atoms with Crippen molar-refractivity contribution in [2.75, 3.05) is 31.1 Å². The van der Waals surface area contributed by atoms with Gasteiger partial charge in [-0.05, 0) is 43.4 Å². The van der Waals surface area contributed by atoms with Gasteiger partial charge in [-0.1, -0.05) is 73.5 Å². The minimum atomic E-state index is -0.642. The molecule has 3 aliphatic rings. The van der Waals surface area contributed by atoms with Gasteiger partial charge in [0.15, 0.2) is 0 Å². The number of unbranched alkanes of at least 4 members (excludes halogenated alkanes) is 3. The summed E-state index contributed by atoms with van der Waals surface area (Å²) in [6, 6.07) is 18.8. The number of fused-ring (bicyclic) bond motifs is 1. The molecule has 3 fully saturated rings. The van der Waals surface area contributed by atoms with Crippen LogP contribution >= 0.6 is 11.8 Å². The van der Waals surface area contributed by atoms with Crippen molar-refractivity contribution in [1.82, 2.24) is 9.80 Å². The van der Waals surface area contributed by atoms with Crippen LogP contribution in [0.15, 0.2) is 86.0 Å². The quantitative estimate of drug-likeness (QED) is 0.228. The fourth-order valence-corrected chi connectivity index (χ4v) is 9.51. The first-order valence-electron chi connectivity index (χ1n) is 15.5. The Bertz CT molecular complexity index is 1300. The lowest BCUT2D eigenvalue weighted by Gasteiger charge is -2.37. The van der Waals surface area contributed by atoms with Gasteiger partial charge in [0.25, 0.3) is 0 Å². The van der Waals surface area contributed by atoms with E-state index >= 15 is 0 Å². The molecule has 0 radical (unpaired) electrons. The molecule has 5 atom stereocenters. The summed E-state index contributed by atoms with van der Waals surface area (Å²) in [4.78, 5) is 48.8. The molecule has 8 heteroatoms. The summed E-state index contributed by atoms with van der Waals surface area (Å²) in [6.45, 7) is 9.58. The molecule has 0 saturated carbocycles. The van der Waals surface area contributed by atoms with Crippen LogP contribution in [0.3, 0.4) is 0 Å². The normalized spacial score (nSPS) is 25.4. The average Bonchev–Trinajstić information content (AvgIpc) is 3.67. The van der Waals surface area contributed by atoms with Crippen LogP contribution in [0.25, 0.3) is 0 Å². The Hall–Kier alpha value is -3.36. The number of hydrogen-bond acceptors (Lipinski definition) is 5. The van der Waals surface area contributed by atoms with Gasteiger partial charge in [-0.25, -0.2) is 0 Å². The molecule has 1 N–H and O–H groups in total. The van der Waals surface area contributed by atoms with E-state index < -0.39 is 22.6 Å². The summed E-state index contributed by atoms with van der Waals surface area (Å²) in [6.07, 6.45) is 8.20. The molecule has 2 aromatic carbocycles. The van der Waals surface area contributed by atoms with E-state index in [-0.39, 0.29) is 29.6 Å². The summed E-state index contributed by atoms with van der Waals surface area (Å²) in [7, 11) is 0. The molecular weight excluding hydrogens is 558 g/mol. The third kappa shape index (κ3) is 6.04. The molecule has 7 nitrogen and oxygen atoms in total. The average molecular weight is 602 g/mol. The van der Waals surface area contributed by atoms with E-state index in [1.54, 1.807) is 28.8 Å². The van der Waals surface area contributed by atoms with Crippen molar-refractivity contribution in [3.8, 4) is 0 Å². The number of aliphatic hydroxyl groups excluding tert-OH is 1. The summed E-state index contributed by atoms with van der Waals surface area (Å²) >= 11 is 1.71. The van der Waals surface area contributed by atoms with Crippen molar-refractivity contribution >= 4 is 35.2 Å². The van der Waals surface area contributed by atoms with Crippen LogP contribution in [-0.2, 0) is 20.9 Å². The maximum absolute atomic E-state index is 14.6. The Morgan fingerprint density at radius 2 is 1.63 bits per heavy atom. The number of hydrogen-bond donors (Lipinski definition) is 1. The van der Waals surface area contributed by atoms with Gasteiger partial charge in [0.1, 0.15) is 6.04 Å². The number of aliphatic hydroxyl groups is 1. The minimum absolute atomic E-state index is 0.0125. The maximum Gasteiger partial charge on any atom is 0.247 e. The molecule has 2 aromatic rings. The number of carbonyl (C=O) groups excluding carboxylic acids is 3. The lowest BCUT2D eigenvalue weighted by atomic mass is 9.70. The van der Waals surface area contributed by atoms with Crippen molar-refractivity contribution < 1.29 is 19.5 Å². The van der Waals surface area contributed by atoms with Crippen molar-refractivity contribution in [2.45, 2.75) is 61.1 Å². The SMILES string of the molecule is C=CCN(Cc1ccccc1)C(=O)C1N(CCCCCCO)C(=O)[C@@H]2[C@H](C(=O)N(CC=C)c3ccccc3)[C@@H]3CCC12S3. The molecule has 3 aliphatic heterocycles. The van der Waals surface area contributed by atoms with E-state index in [9.17, 15) is 19.5 Å². The number of para-hydroxylation sites is 1. The van der Waals surface area contributed by atoms with Crippen molar-refractivity contribution in [3.05, 3.63) is 91.5 Å². The van der Waals surface area contributed by atoms with Crippen LogP contribution in [0.2, 0.25) is 0 Å². The third-order valence-corrected chi connectivity index (χ3v) is 11.1. The van der Waals surface area contributed by atoms with Gasteiger partial charge in [-0.2, -0.15) is 0 Å². The highest BCUT2D eigenvalue weighted by Gasteiger charge is 2.74. The van der Waals surface area contributed by atoms with E-state index in [0.29, 0.717) is 26.2 Å². The molecule has 228 valence electrons. The number of thioether (sulfide) groups is 1. The number of amides is 3. The highest BCUT2D eigenvalue weighted by Crippen LogP contribution is 2.66. The van der Waals surface area contributed by atoms with Gasteiger partial charge < -0.3 is 19.8 Å². The predicted molar refractivity (Wildman–Crippen MR) is 172 cm³/mol. The second-order valence-corrected chi connectivity index (χ2v) is 13.4. The number of anilines is 1. The number of rotatable bonds is 15. The third-order valence-electron chi connectivity index (χ3n) is 9.15. The van der Waals surface area contributed by atoms with Crippen LogP contribution in [0, 0.1) is 11.8 Å². The molecule has 0 aromatic heterocycles. The standard InChI is InChI=1S/C35H43N3O4S/c1-3-21-36(25-26-15-9-7-10-16-26)34(42)31-35-20-19-28(43-35)29(30(35)33(41)38(31)23-13-5-6-14-24-39)32(40)37(22-4-2)27-17-11-8-12-18-27/h3-4,7-12,15-18,28-31,39H,1-2,5-6,13-14,19-25H2/t28-,29+,30-,31?,35?/m0/s1. The Morgan fingerprint density at radius 3 is 2.30 bits per heavy atom. The highest BCUT2D eigenvalue weighted by atomic mass is 32.2. The van der Waals surface area contributed by atoms with Crippen molar-refractivity contribution in [2.24, 2.45) is 11.8 Å². The largest absolute Gasteiger partial charge is 0.396 e. The smallest absolute Gasteiger partial charge is 0.247 e. The topological polar surface area (TPSA) is 81.2 Å².